The lowest BCUT2D eigenvalue weighted by Gasteiger charge is -2.37. The highest BCUT2D eigenvalue weighted by molar-refractivity contribution is 5.87. The van der Waals surface area contributed by atoms with Gasteiger partial charge in [-0.1, -0.05) is 19.0 Å². The normalized spacial score (nSPS) is 21.2. The average molecular weight is 395 g/mol. The van der Waals surface area contributed by atoms with Gasteiger partial charge in [0.25, 0.3) is 5.71 Å². The molecule has 1 N–H and O–H groups in total. The molecule has 3 aromatic heterocycles. The summed E-state index contributed by atoms with van der Waals surface area (Å²) in [5.41, 5.74) is 3.60. The number of hydrogen-bond donors (Lipinski definition) is 1. The summed E-state index contributed by atoms with van der Waals surface area (Å²) in [4.78, 5) is 20.5. The number of ether oxygens (including phenoxy) is 1. The van der Waals surface area contributed by atoms with Crippen molar-refractivity contribution in [2.24, 2.45) is 5.41 Å². The highest BCUT2D eigenvalue weighted by Gasteiger charge is 2.35. The number of morpholine rings is 1. The van der Waals surface area contributed by atoms with E-state index >= 15 is 0 Å². The Bertz CT molecular complexity index is 1040. The fourth-order valence-electron chi connectivity index (χ4n) is 4.28. The third-order valence-electron chi connectivity index (χ3n) is 5.71. The maximum absolute atomic E-state index is 5.46. The Morgan fingerprint density at radius 1 is 1.17 bits per heavy atom. The molecule has 29 heavy (non-hydrogen) atoms. The molecule has 1 fully saturated rings. The van der Waals surface area contributed by atoms with Gasteiger partial charge in [0.2, 0.25) is 5.95 Å². The first kappa shape index (κ1) is 18.2. The van der Waals surface area contributed by atoms with Crippen molar-refractivity contribution in [1.29, 1.82) is 0 Å². The lowest BCUT2D eigenvalue weighted by molar-refractivity contribution is 0.122. The van der Waals surface area contributed by atoms with Crippen molar-refractivity contribution in [3.8, 4) is 0 Å². The molecule has 3 aromatic rings. The molecular weight excluding hydrogens is 370 g/mol. The van der Waals surface area contributed by atoms with E-state index in [2.05, 4.69) is 44.2 Å². The highest BCUT2D eigenvalue weighted by Crippen LogP contribution is 2.42. The number of nitrogens with zero attached hydrogens (tertiary/aromatic N) is 6. The number of aryl methyl sites for hydroxylation is 1. The van der Waals surface area contributed by atoms with Gasteiger partial charge in [-0.15, -0.1) is 0 Å². The second kappa shape index (κ2) is 6.91. The van der Waals surface area contributed by atoms with Gasteiger partial charge in [-0.25, -0.2) is 15.0 Å². The van der Waals surface area contributed by atoms with Crippen LogP contribution in [0.1, 0.15) is 43.3 Å². The van der Waals surface area contributed by atoms with Gasteiger partial charge in [0.05, 0.1) is 30.6 Å². The molecule has 9 heteroatoms. The topological polar surface area (TPSA) is 102 Å². The largest absolute Gasteiger partial charge is 0.378 e. The van der Waals surface area contributed by atoms with Crippen LogP contribution in [0, 0.1) is 12.3 Å². The van der Waals surface area contributed by atoms with Gasteiger partial charge in [0, 0.05) is 24.8 Å². The second-order valence-electron chi connectivity index (χ2n) is 8.58. The van der Waals surface area contributed by atoms with E-state index in [1.54, 1.807) is 0 Å². The second-order valence-corrected chi connectivity index (χ2v) is 8.58. The molecule has 0 bridgehead atoms. The summed E-state index contributed by atoms with van der Waals surface area (Å²) in [7, 11) is 0. The number of fused-ring (bicyclic) bond motifs is 2. The molecule has 0 unspecified atom stereocenters. The third-order valence-corrected chi connectivity index (χ3v) is 5.71. The fourth-order valence-corrected chi connectivity index (χ4v) is 4.28. The molecule has 1 aliphatic heterocycles. The van der Waals surface area contributed by atoms with Gasteiger partial charge < -0.3 is 19.5 Å². The molecule has 4 heterocycles. The van der Waals surface area contributed by atoms with Crippen molar-refractivity contribution >= 4 is 22.9 Å². The van der Waals surface area contributed by atoms with Crippen LogP contribution in [0.2, 0.25) is 0 Å². The Balaban J connectivity index is 1.50. The van der Waals surface area contributed by atoms with Crippen LogP contribution < -0.4 is 10.2 Å². The SMILES string of the molecule is Cc1noc2ncnc(N[C@H]3CC(C)(C)Cc4nc(N5CCOCC5)ncc43)c12. The maximum Gasteiger partial charge on any atom is 0.263 e. The Hall–Kier alpha value is -2.81. The van der Waals surface area contributed by atoms with E-state index in [1.165, 1.54) is 6.33 Å². The minimum absolute atomic E-state index is 0.0555. The summed E-state index contributed by atoms with van der Waals surface area (Å²) in [6.07, 6.45) is 5.35. The summed E-state index contributed by atoms with van der Waals surface area (Å²) in [5.74, 6) is 1.53. The van der Waals surface area contributed by atoms with E-state index in [0.29, 0.717) is 5.71 Å². The lowest BCUT2D eigenvalue weighted by Crippen LogP contribution is -2.38. The van der Waals surface area contributed by atoms with Crippen LogP contribution in [0.5, 0.6) is 0 Å². The molecule has 0 radical (unpaired) electrons. The quantitative estimate of drug-likeness (QED) is 0.717. The molecule has 1 saturated heterocycles. The van der Waals surface area contributed by atoms with Gasteiger partial charge in [0.1, 0.15) is 17.5 Å². The number of anilines is 2. The fraction of sp³-hybridized carbons (Fsp3) is 0.550. The third kappa shape index (κ3) is 3.39. The van der Waals surface area contributed by atoms with Crippen molar-refractivity contribution in [2.75, 3.05) is 36.5 Å². The molecule has 2 aliphatic rings. The van der Waals surface area contributed by atoms with Crippen LogP contribution in [-0.2, 0) is 11.2 Å². The molecule has 0 saturated carbocycles. The molecule has 152 valence electrons. The van der Waals surface area contributed by atoms with E-state index in [1.807, 2.05) is 13.1 Å². The van der Waals surface area contributed by atoms with Crippen LogP contribution in [0.25, 0.3) is 11.1 Å². The molecule has 0 aromatic carbocycles. The van der Waals surface area contributed by atoms with E-state index in [4.69, 9.17) is 14.2 Å². The van der Waals surface area contributed by atoms with E-state index in [9.17, 15) is 0 Å². The Morgan fingerprint density at radius 2 is 2.00 bits per heavy atom. The molecule has 5 rings (SSSR count). The first-order valence-electron chi connectivity index (χ1n) is 10.0. The van der Waals surface area contributed by atoms with Crippen LogP contribution in [-0.4, -0.2) is 51.4 Å². The summed E-state index contributed by atoms with van der Waals surface area (Å²) in [6, 6.07) is 0.0555. The van der Waals surface area contributed by atoms with Crippen molar-refractivity contribution in [1.82, 2.24) is 25.1 Å². The van der Waals surface area contributed by atoms with Crippen molar-refractivity contribution < 1.29 is 9.26 Å². The van der Waals surface area contributed by atoms with Crippen LogP contribution in [0.4, 0.5) is 11.8 Å². The number of aromatic nitrogens is 5. The summed E-state index contributed by atoms with van der Waals surface area (Å²) >= 11 is 0. The number of hydrogen-bond acceptors (Lipinski definition) is 9. The van der Waals surface area contributed by atoms with E-state index in [-0.39, 0.29) is 11.5 Å². The molecular formula is C20H25N7O2. The van der Waals surface area contributed by atoms with Gasteiger partial charge >= 0.3 is 0 Å². The Kier molecular flexibility index (Phi) is 4.34. The summed E-state index contributed by atoms with van der Waals surface area (Å²) < 4.78 is 10.7. The summed E-state index contributed by atoms with van der Waals surface area (Å²) in [5, 5.41) is 8.45. The van der Waals surface area contributed by atoms with Crippen molar-refractivity contribution in [2.45, 2.75) is 39.7 Å². The van der Waals surface area contributed by atoms with Crippen LogP contribution in [0.3, 0.4) is 0 Å². The zero-order chi connectivity index (χ0) is 20.0. The van der Waals surface area contributed by atoms with Crippen LogP contribution in [0.15, 0.2) is 17.0 Å². The smallest absolute Gasteiger partial charge is 0.263 e. The monoisotopic (exact) mass is 395 g/mol. The first-order chi connectivity index (χ1) is 14.0. The van der Waals surface area contributed by atoms with Gasteiger partial charge in [-0.3, -0.25) is 0 Å². The van der Waals surface area contributed by atoms with Gasteiger partial charge in [0.15, 0.2) is 0 Å². The zero-order valence-corrected chi connectivity index (χ0v) is 17.0. The molecule has 1 atom stereocenters. The predicted octanol–water partition coefficient (Wildman–Crippen LogP) is 2.68. The highest BCUT2D eigenvalue weighted by atomic mass is 16.5. The number of rotatable bonds is 3. The maximum atomic E-state index is 5.46. The Morgan fingerprint density at radius 3 is 2.83 bits per heavy atom. The molecule has 9 nitrogen and oxygen atoms in total. The Labute approximate surface area is 168 Å². The molecule has 0 amide bonds. The van der Waals surface area contributed by atoms with Gasteiger partial charge in [-0.2, -0.15) is 4.98 Å². The molecule has 0 spiro atoms. The summed E-state index contributed by atoms with van der Waals surface area (Å²) in [6.45, 7) is 9.56. The van der Waals surface area contributed by atoms with Crippen molar-refractivity contribution in [3.63, 3.8) is 0 Å². The minimum atomic E-state index is 0.0555. The van der Waals surface area contributed by atoms with Crippen LogP contribution >= 0.6 is 0 Å². The van der Waals surface area contributed by atoms with E-state index < -0.39 is 0 Å². The van der Waals surface area contributed by atoms with E-state index in [0.717, 1.165) is 73.2 Å². The zero-order valence-electron chi connectivity index (χ0n) is 17.0. The van der Waals surface area contributed by atoms with Crippen molar-refractivity contribution in [3.05, 3.63) is 29.5 Å². The molecule has 1 aliphatic carbocycles. The standard InChI is InChI=1S/C20H25N7O2/c1-12-16-17(22-11-23-18(16)29-26-12)24-14-8-20(2,3)9-15-13(14)10-21-19(25-15)27-4-6-28-7-5-27/h10-11,14H,4-9H2,1-3H3,(H,22,23,24)/t14-/m0/s1. The first-order valence-corrected chi connectivity index (χ1v) is 10.0. The average Bonchev–Trinajstić information content (AvgIpc) is 3.09. The minimum Gasteiger partial charge on any atom is -0.378 e. The number of nitrogens with one attached hydrogen (secondary N) is 1. The van der Waals surface area contributed by atoms with Gasteiger partial charge in [-0.05, 0) is 25.2 Å². The lowest BCUT2D eigenvalue weighted by atomic mass is 9.74. The predicted molar refractivity (Wildman–Crippen MR) is 108 cm³/mol.